The van der Waals surface area contributed by atoms with Crippen LogP contribution in [-0.4, -0.2) is 50.9 Å². The third-order valence-corrected chi connectivity index (χ3v) is 20.2. The highest BCUT2D eigenvalue weighted by Gasteiger charge is 2.56. The van der Waals surface area contributed by atoms with Gasteiger partial charge in [-0.15, -0.1) is 13.2 Å². The minimum atomic E-state index is -3.22. The van der Waals surface area contributed by atoms with Gasteiger partial charge in [0.05, 0.1) is 0 Å². The van der Waals surface area contributed by atoms with Gasteiger partial charge in [0.15, 0.2) is 33.3 Å². The van der Waals surface area contributed by atoms with Crippen LogP contribution < -0.4 is 0 Å². The molecule has 0 rings (SSSR count). The Kier molecular flexibility index (Phi) is 9.36. The molecule has 0 fully saturated rings. The third-order valence-electron chi connectivity index (χ3n) is 2.58. The van der Waals surface area contributed by atoms with Crippen molar-refractivity contribution in [2.75, 3.05) is 0 Å². The first-order valence-corrected chi connectivity index (χ1v) is 26.7. The first-order chi connectivity index (χ1) is 11.7. The van der Waals surface area contributed by atoms with Crippen molar-refractivity contribution in [1.29, 1.82) is 0 Å². The molecule has 0 aliphatic carbocycles. The van der Waals surface area contributed by atoms with Crippen LogP contribution in [0.4, 0.5) is 0 Å². The van der Waals surface area contributed by atoms with Gasteiger partial charge in [-0.2, -0.15) is 0 Å². The van der Waals surface area contributed by atoms with Crippen LogP contribution in [0.15, 0.2) is 24.6 Å². The first-order valence-electron chi connectivity index (χ1n) is 9.44. The minimum absolute atomic E-state index is 1.75. The van der Waals surface area contributed by atoms with Crippen LogP contribution >= 0.6 is 0 Å². The fourth-order valence-corrected chi connectivity index (χ4v) is 22.8. The zero-order valence-electron chi connectivity index (χ0n) is 19.6. The molecule has 0 amide bonds. The average molecular weight is 483 g/mol. The van der Waals surface area contributed by atoms with Gasteiger partial charge in [0.2, 0.25) is 0 Å². The molecule has 11 heteroatoms. The van der Waals surface area contributed by atoms with Gasteiger partial charge in [0.25, 0.3) is 0 Å². The predicted octanol–water partition coefficient (Wildman–Crippen LogP) is 5.74. The van der Waals surface area contributed by atoms with Gasteiger partial charge in [-0.25, -0.2) is 0 Å². The smallest absolute Gasteiger partial charge is 0.414 e. The Balaban J connectivity index is 6.30. The highest BCUT2D eigenvalue weighted by Crippen LogP contribution is 2.31. The molecule has 0 N–H and O–H groups in total. The highest BCUT2D eigenvalue weighted by molar-refractivity contribution is 6.95. The fraction of sp³-hybridized carbons (Fsp3) is 0.750. The number of hydrogen-bond acceptors (Lipinski definition) is 5. The molecule has 0 bridgehead atoms. The van der Waals surface area contributed by atoms with Crippen molar-refractivity contribution in [2.24, 2.45) is 0 Å². The molecule has 0 heterocycles. The predicted molar refractivity (Wildman–Crippen MR) is 131 cm³/mol. The standard InChI is InChI=1S/C16H42O5Si6/c1-15-26(17-22(3,4)5,18-23(6,7)8)21-27(16-2,19-24(9,10)11)20-25(12,13)14/h15-16H,1-2H2,3-14H3. The van der Waals surface area contributed by atoms with Gasteiger partial charge < -0.3 is 20.6 Å². The van der Waals surface area contributed by atoms with Crippen LogP contribution in [0.25, 0.3) is 0 Å². The maximum absolute atomic E-state index is 6.72. The van der Waals surface area contributed by atoms with Crippen LogP contribution in [0.5, 0.6) is 0 Å². The van der Waals surface area contributed by atoms with Gasteiger partial charge >= 0.3 is 17.6 Å². The van der Waals surface area contributed by atoms with E-state index in [1.807, 2.05) is 0 Å². The summed E-state index contributed by atoms with van der Waals surface area (Å²) >= 11 is 0. The normalized spacial score (nSPS) is 15.0. The van der Waals surface area contributed by atoms with E-state index in [1.54, 1.807) is 11.4 Å². The number of rotatable bonds is 12. The molecule has 0 saturated heterocycles. The summed E-state index contributed by atoms with van der Waals surface area (Å²) in [4.78, 5) is 0. The molecule has 27 heavy (non-hydrogen) atoms. The van der Waals surface area contributed by atoms with Crippen molar-refractivity contribution in [1.82, 2.24) is 0 Å². The summed E-state index contributed by atoms with van der Waals surface area (Å²) in [6.07, 6.45) is 0. The second kappa shape index (κ2) is 9.16. The van der Waals surface area contributed by atoms with E-state index in [2.05, 4.69) is 91.7 Å². The van der Waals surface area contributed by atoms with Crippen molar-refractivity contribution in [3.63, 3.8) is 0 Å². The average Bonchev–Trinajstić information content (AvgIpc) is 2.29. The molecule has 5 nitrogen and oxygen atoms in total. The van der Waals surface area contributed by atoms with E-state index in [1.165, 1.54) is 0 Å². The van der Waals surface area contributed by atoms with Gasteiger partial charge in [0, 0.05) is 0 Å². The molecular weight excluding hydrogens is 441 g/mol. The maximum atomic E-state index is 6.72. The molecule has 0 aliphatic rings. The maximum Gasteiger partial charge on any atom is 0.500 e. The van der Waals surface area contributed by atoms with Gasteiger partial charge in [-0.05, 0) is 90.0 Å². The largest absolute Gasteiger partial charge is 0.500 e. The molecular formula is C16H42O5Si6. The number of hydrogen-bond donors (Lipinski definition) is 0. The third kappa shape index (κ3) is 12.0. The SMILES string of the molecule is C=C[Si](O[Si](C)(C)C)(O[Si](C)(C)C)O[Si](C=C)(O[Si](C)(C)C)O[Si](C)(C)C. The summed E-state index contributed by atoms with van der Waals surface area (Å²) in [5.41, 5.74) is 3.49. The van der Waals surface area contributed by atoms with E-state index < -0.39 is 50.9 Å². The summed E-state index contributed by atoms with van der Waals surface area (Å²) in [5, 5.41) is 0. The molecule has 160 valence electrons. The van der Waals surface area contributed by atoms with E-state index in [0.717, 1.165) is 0 Å². The van der Waals surface area contributed by atoms with E-state index in [9.17, 15) is 0 Å². The van der Waals surface area contributed by atoms with Gasteiger partial charge in [-0.1, -0.05) is 0 Å². The second-order valence-electron chi connectivity index (χ2n) is 10.6. The van der Waals surface area contributed by atoms with E-state index in [-0.39, 0.29) is 0 Å². The van der Waals surface area contributed by atoms with Crippen molar-refractivity contribution in [2.45, 2.75) is 78.6 Å². The Morgan fingerprint density at radius 3 is 0.704 bits per heavy atom. The Morgan fingerprint density at radius 1 is 0.407 bits per heavy atom. The molecule has 0 aromatic carbocycles. The van der Waals surface area contributed by atoms with Crippen LogP contribution in [-0.2, 0) is 20.6 Å². The first kappa shape index (κ1) is 27.6. The van der Waals surface area contributed by atoms with Crippen LogP contribution in [0.3, 0.4) is 0 Å². The fourth-order valence-electron chi connectivity index (χ4n) is 2.28. The lowest BCUT2D eigenvalue weighted by Crippen LogP contribution is -2.66. The molecule has 0 aromatic rings. The summed E-state index contributed by atoms with van der Waals surface area (Å²) in [6, 6.07) is 0. The van der Waals surface area contributed by atoms with Crippen molar-refractivity contribution >= 4 is 50.9 Å². The summed E-state index contributed by atoms with van der Waals surface area (Å²) in [6.45, 7) is 33.6. The van der Waals surface area contributed by atoms with E-state index >= 15 is 0 Å². The Hall–Kier alpha value is 0.581. The Morgan fingerprint density at radius 2 is 0.593 bits per heavy atom. The minimum Gasteiger partial charge on any atom is -0.414 e. The van der Waals surface area contributed by atoms with Crippen LogP contribution in [0, 0.1) is 0 Å². The molecule has 0 radical (unpaired) electrons. The van der Waals surface area contributed by atoms with Crippen molar-refractivity contribution in [3.05, 3.63) is 24.6 Å². The van der Waals surface area contributed by atoms with E-state index in [0.29, 0.717) is 0 Å². The Labute approximate surface area is 174 Å². The zero-order valence-corrected chi connectivity index (χ0v) is 25.6. The summed E-state index contributed by atoms with van der Waals surface area (Å²) < 4.78 is 32.9. The zero-order chi connectivity index (χ0) is 21.9. The van der Waals surface area contributed by atoms with Crippen LogP contribution in [0.2, 0.25) is 78.6 Å². The van der Waals surface area contributed by atoms with E-state index in [4.69, 9.17) is 20.6 Å². The summed E-state index contributed by atoms with van der Waals surface area (Å²) in [7, 11) is -14.4. The second-order valence-corrected chi connectivity index (χ2v) is 34.8. The lowest BCUT2D eigenvalue weighted by atomic mass is 11.3. The molecule has 0 unspecified atom stereocenters. The molecule has 0 saturated carbocycles. The molecule has 0 aromatic heterocycles. The monoisotopic (exact) mass is 482 g/mol. The Bertz CT molecular complexity index is 435. The summed E-state index contributed by atoms with van der Waals surface area (Å²) in [5.74, 6) is 0. The van der Waals surface area contributed by atoms with Crippen LogP contribution in [0.1, 0.15) is 0 Å². The quantitative estimate of drug-likeness (QED) is 0.332. The molecule has 0 aliphatic heterocycles. The highest BCUT2D eigenvalue weighted by atomic mass is 28.5. The topological polar surface area (TPSA) is 46.2 Å². The molecule has 0 atom stereocenters. The van der Waals surface area contributed by atoms with Crippen molar-refractivity contribution in [3.8, 4) is 0 Å². The van der Waals surface area contributed by atoms with Gasteiger partial charge in [-0.3, -0.25) is 0 Å². The lowest BCUT2D eigenvalue weighted by Gasteiger charge is -2.44. The molecule has 0 spiro atoms. The van der Waals surface area contributed by atoms with Gasteiger partial charge in [0.1, 0.15) is 0 Å². The van der Waals surface area contributed by atoms with Crippen molar-refractivity contribution < 1.29 is 20.6 Å². The lowest BCUT2D eigenvalue weighted by molar-refractivity contribution is 0.195.